The fraction of sp³-hybridized carbons (Fsp3) is 0.455. The van der Waals surface area contributed by atoms with E-state index in [1.54, 1.807) is 14.2 Å². The lowest BCUT2D eigenvalue weighted by Gasteiger charge is -2.28. The first-order valence-electron chi connectivity index (χ1n) is 4.93. The van der Waals surface area contributed by atoms with Crippen LogP contribution >= 0.6 is 0 Å². The summed E-state index contributed by atoms with van der Waals surface area (Å²) in [5.74, 6) is 2.23. The summed E-state index contributed by atoms with van der Waals surface area (Å²) in [7, 11) is 3.24. The van der Waals surface area contributed by atoms with E-state index in [-0.39, 0.29) is 6.10 Å². The zero-order valence-electron chi connectivity index (χ0n) is 8.95. The van der Waals surface area contributed by atoms with E-state index >= 15 is 0 Å². The summed E-state index contributed by atoms with van der Waals surface area (Å²) in [6, 6.07) is 5.58. The lowest BCUT2D eigenvalue weighted by atomic mass is 10.2. The minimum atomic E-state index is 0.281. The van der Waals surface area contributed by atoms with E-state index < -0.39 is 0 Å². The molecule has 15 heavy (non-hydrogen) atoms. The maximum Gasteiger partial charge on any atom is 0.164 e. The molecule has 1 saturated heterocycles. The molecule has 0 radical (unpaired) electrons. The Labute approximate surface area is 89.1 Å². The molecule has 1 aliphatic heterocycles. The molecule has 0 aliphatic carbocycles. The summed E-state index contributed by atoms with van der Waals surface area (Å²) in [6.45, 7) is 1.82. The van der Waals surface area contributed by atoms with Crippen LogP contribution in [0.2, 0.25) is 0 Å². The van der Waals surface area contributed by atoms with Gasteiger partial charge in [0.2, 0.25) is 0 Å². The zero-order chi connectivity index (χ0) is 10.7. The highest BCUT2D eigenvalue weighted by Crippen LogP contribution is 2.31. The molecule has 0 spiro atoms. The molecule has 4 nitrogen and oxygen atoms in total. The number of hydrogen-bond acceptors (Lipinski definition) is 4. The second-order valence-electron chi connectivity index (χ2n) is 3.41. The van der Waals surface area contributed by atoms with E-state index in [0.717, 1.165) is 24.6 Å². The van der Waals surface area contributed by atoms with Crippen molar-refractivity contribution in [3.05, 3.63) is 18.2 Å². The van der Waals surface area contributed by atoms with Gasteiger partial charge in [-0.15, -0.1) is 0 Å². The number of rotatable bonds is 4. The number of ether oxygens (including phenoxy) is 3. The molecule has 0 amide bonds. The van der Waals surface area contributed by atoms with Crippen LogP contribution in [-0.4, -0.2) is 33.4 Å². The molecule has 1 aliphatic rings. The van der Waals surface area contributed by atoms with Gasteiger partial charge in [-0.05, 0) is 12.1 Å². The minimum Gasteiger partial charge on any atom is -0.493 e. The van der Waals surface area contributed by atoms with Crippen molar-refractivity contribution in [3.8, 4) is 17.2 Å². The third-order valence-electron chi connectivity index (χ3n) is 2.40. The lowest BCUT2D eigenvalue weighted by molar-refractivity contribution is 0.141. The van der Waals surface area contributed by atoms with Crippen LogP contribution in [0.4, 0.5) is 0 Å². The summed E-state index contributed by atoms with van der Waals surface area (Å²) >= 11 is 0. The number of hydrogen-bond donors (Lipinski definition) is 1. The summed E-state index contributed by atoms with van der Waals surface area (Å²) in [5, 5.41) is 3.15. The van der Waals surface area contributed by atoms with Gasteiger partial charge in [-0.3, -0.25) is 0 Å². The summed E-state index contributed by atoms with van der Waals surface area (Å²) in [6.07, 6.45) is 0.281. The minimum absolute atomic E-state index is 0.281. The number of benzene rings is 1. The van der Waals surface area contributed by atoms with E-state index in [1.165, 1.54) is 0 Å². The van der Waals surface area contributed by atoms with E-state index in [9.17, 15) is 0 Å². The molecule has 0 aromatic heterocycles. The Morgan fingerprint density at radius 3 is 2.40 bits per heavy atom. The van der Waals surface area contributed by atoms with E-state index in [4.69, 9.17) is 14.2 Å². The molecular formula is C11H15NO3. The molecule has 1 heterocycles. The quantitative estimate of drug-likeness (QED) is 0.804. The maximum absolute atomic E-state index is 5.69. The summed E-state index contributed by atoms with van der Waals surface area (Å²) in [5.41, 5.74) is 0. The molecule has 0 saturated carbocycles. The van der Waals surface area contributed by atoms with Gasteiger partial charge >= 0.3 is 0 Å². The van der Waals surface area contributed by atoms with Gasteiger partial charge in [0.25, 0.3) is 0 Å². The van der Waals surface area contributed by atoms with Gasteiger partial charge in [-0.1, -0.05) is 0 Å². The van der Waals surface area contributed by atoms with Crippen molar-refractivity contribution in [3.63, 3.8) is 0 Å². The Morgan fingerprint density at radius 2 is 1.87 bits per heavy atom. The van der Waals surface area contributed by atoms with Crippen molar-refractivity contribution in [1.29, 1.82) is 0 Å². The molecule has 1 aromatic rings. The maximum atomic E-state index is 5.69. The molecule has 1 aromatic carbocycles. The molecule has 4 heteroatoms. The van der Waals surface area contributed by atoms with E-state index in [0.29, 0.717) is 5.75 Å². The fourth-order valence-corrected chi connectivity index (χ4v) is 1.43. The average Bonchev–Trinajstić information content (AvgIpc) is 2.23. The number of nitrogens with one attached hydrogen (secondary N) is 1. The molecule has 1 fully saturated rings. The second kappa shape index (κ2) is 4.40. The van der Waals surface area contributed by atoms with Crippen LogP contribution < -0.4 is 19.5 Å². The number of methoxy groups -OCH3 is 2. The van der Waals surface area contributed by atoms with Crippen molar-refractivity contribution < 1.29 is 14.2 Å². The van der Waals surface area contributed by atoms with Crippen molar-refractivity contribution >= 4 is 0 Å². The Hall–Kier alpha value is -1.42. The van der Waals surface area contributed by atoms with E-state index in [1.807, 2.05) is 18.2 Å². The summed E-state index contributed by atoms with van der Waals surface area (Å²) < 4.78 is 16.0. The largest absolute Gasteiger partial charge is 0.493 e. The monoisotopic (exact) mass is 209 g/mol. The second-order valence-corrected chi connectivity index (χ2v) is 3.41. The Morgan fingerprint density at radius 1 is 1.13 bits per heavy atom. The molecule has 0 unspecified atom stereocenters. The Kier molecular flexibility index (Phi) is 2.97. The molecule has 0 bridgehead atoms. The standard InChI is InChI=1S/C11H15NO3/c1-13-10-4-3-8(5-11(10)14-2)15-9-6-12-7-9/h3-5,9,12H,6-7H2,1-2H3. The third kappa shape index (κ3) is 2.15. The molecular weight excluding hydrogens is 194 g/mol. The molecule has 0 atom stereocenters. The van der Waals surface area contributed by atoms with Crippen molar-refractivity contribution in [2.24, 2.45) is 0 Å². The van der Waals surface area contributed by atoms with Gasteiger partial charge < -0.3 is 19.5 Å². The molecule has 82 valence electrons. The fourth-order valence-electron chi connectivity index (χ4n) is 1.43. The highest BCUT2D eigenvalue weighted by atomic mass is 16.5. The molecule has 2 rings (SSSR count). The highest BCUT2D eigenvalue weighted by molar-refractivity contribution is 5.45. The smallest absolute Gasteiger partial charge is 0.164 e. The lowest BCUT2D eigenvalue weighted by Crippen LogP contribution is -2.50. The first kappa shape index (κ1) is 10.1. The van der Waals surface area contributed by atoms with Gasteiger partial charge in [0, 0.05) is 19.2 Å². The van der Waals surface area contributed by atoms with Crippen LogP contribution in [0, 0.1) is 0 Å². The predicted octanol–water partition coefficient (Wildman–Crippen LogP) is 1.05. The van der Waals surface area contributed by atoms with Crippen LogP contribution in [0.15, 0.2) is 18.2 Å². The zero-order valence-corrected chi connectivity index (χ0v) is 8.95. The average molecular weight is 209 g/mol. The van der Waals surface area contributed by atoms with Gasteiger partial charge in [-0.2, -0.15) is 0 Å². The summed E-state index contributed by atoms with van der Waals surface area (Å²) in [4.78, 5) is 0. The van der Waals surface area contributed by atoms with Crippen LogP contribution in [0.25, 0.3) is 0 Å². The topological polar surface area (TPSA) is 39.7 Å². The SMILES string of the molecule is COc1ccc(OC2CNC2)cc1OC. The highest BCUT2D eigenvalue weighted by Gasteiger charge is 2.18. The van der Waals surface area contributed by atoms with Crippen molar-refractivity contribution in [2.75, 3.05) is 27.3 Å². The Bertz CT molecular complexity index is 337. The molecule has 1 N–H and O–H groups in total. The van der Waals surface area contributed by atoms with Gasteiger partial charge in [-0.25, -0.2) is 0 Å². The van der Waals surface area contributed by atoms with Crippen LogP contribution in [0.1, 0.15) is 0 Å². The van der Waals surface area contributed by atoms with Gasteiger partial charge in [0.1, 0.15) is 11.9 Å². The normalized spacial score (nSPS) is 15.6. The van der Waals surface area contributed by atoms with Gasteiger partial charge in [0.15, 0.2) is 11.5 Å². The first-order valence-corrected chi connectivity index (χ1v) is 4.93. The third-order valence-corrected chi connectivity index (χ3v) is 2.40. The van der Waals surface area contributed by atoms with Crippen LogP contribution in [0.5, 0.6) is 17.2 Å². The van der Waals surface area contributed by atoms with Crippen LogP contribution in [0.3, 0.4) is 0 Å². The Balaban J connectivity index is 2.10. The van der Waals surface area contributed by atoms with E-state index in [2.05, 4.69) is 5.32 Å². The van der Waals surface area contributed by atoms with Crippen molar-refractivity contribution in [2.45, 2.75) is 6.10 Å². The van der Waals surface area contributed by atoms with Crippen LogP contribution in [-0.2, 0) is 0 Å². The predicted molar refractivity (Wildman–Crippen MR) is 56.8 cm³/mol. The van der Waals surface area contributed by atoms with Crippen molar-refractivity contribution in [1.82, 2.24) is 5.32 Å². The van der Waals surface area contributed by atoms with Gasteiger partial charge in [0.05, 0.1) is 14.2 Å². The first-order chi connectivity index (χ1) is 7.33.